The summed E-state index contributed by atoms with van der Waals surface area (Å²) in [4.78, 5) is 12.1. The summed E-state index contributed by atoms with van der Waals surface area (Å²) in [7, 11) is -2.54. The normalized spacial score (nSPS) is 12.6. The van der Waals surface area contributed by atoms with Crippen LogP contribution < -0.4 is 10.4 Å². The van der Waals surface area contributed by atoms with Crippen LogP contribution in [0, 0.1) is 5.92 Å². The lowest BCUT2D eigenvalue weighted by Crippen LogP contribution is -2.66. The van der Waals surface area contributed by atoms with E-state index in [2.05, 4.69) is 88.4 Å². The lowest BCUT2D eigenvalue weighted by atomic mass is 10.00. The van der Waals surface area contributed by atoms with Crippen molar-refractivity contribution < 1.29 is 51.9 Å². The van der Waals surface area contributed by atoms with Crippen molar-refractivity contribution in [1.29, 1.82) is 0 Å². The van der Waals surface area contributed by atoms with Crippen LogP contribution in [0.25, 0.3) is 0 Å². The maximum absolute atomic E-state index is 12.1. The van der Waals surface area contributed by atoms with Gasteiger partial charge in [0, 0.05) is 0 Å². The lowest BCUT2D eigenvalue weighted by molar-refractivity contribution is -0.150. The number of rotatable bonds is 35. The van der Waals surface area contributed by atoms with E-state index in [1.54, 1.807) is 0 Å². The first-order chi connectivity index (χ1) is 26.4. The van der Waals surface area contributed by atoms with E-state index < -0.39 is 8.32 Å². The number of hydrogen-bond acceptors (Lipinski definition) is 11. The molecule has 0 saturated carbocycles. The molecule has 2 aromatic carbocycles. The first-order valence-electron chi connectivity index (χ1n) is 19.9. The fraction of sp³-hybridized carbons (Fsp3) is 0.690. The summed E-state index contributed by atoms with van der Waals surface area (Å²) in [5.74, 6) is -0.124. The fourth-order valence-corrected chi connectivity index (χ4v) is 10.5. The number of unbranched alkanes of at least 4 members (excludes halogenated alkanes) is 1. The Balaban J connectivity index is 1.33. The number of ether oxygens (including phenoxy) is 9. The minimum Gasteiger partial charge on any atom is -0.463 e. The zero-order valence-corrected chi connectivity index (χ0v) is 34.9. The quantitative estimate of drug-likeness (QED) is 0.0506. The van der Waals surface area contributed by atoms with Crippen molar-refractivity contribution in [2.24, 2.45) is 5.92 Å². The second kappa shape index (κ2) is 30.9. The van der Waals surface area contributed by atoms with Gasteiger partial charge in [0.2, 0.25) is 0 Å². The van der Waals surface area contributed by atoms with Crippen LogP contribution in [-0.2, 0) is 51.9 Å². The van der Waals surface area contributed by atoms with Crippen LogP contribution in [0.5, 0.6) is 0 Å². The SMILES string of the molecule is CCCCC(CC)C(=O)OCCOCCOCCOCCOCCOCCOCCOCCOCCO[Si](c1ccccc1)(c1ccccc1)C(C)(C)C. The molecule has 0 N–H and O–H groups in total. The number of carbonyl (C=O) groups excluding carboxylic acids is 1. The van der Waals surface area contributed by atoms with Gasteiger partial charge in [0.05, 0.1) is 118 Å². The Morgan fingerprint density at radius 2 is 0.852 bits per heavy atom. The van der Waals surface area contributed by atoms with Gasteiger partial charge < -0.3 is 47.1 Å². The molecule has 0 aliphatic carbocycles. The second-order valence-electron chi connectivity index (χ2n) is 13.8. The maximum Gasteiger partial charge on any atom is 0.308 e. The van der Waals surface area contributed by atoms with Crippen LogP contribution in [0.4, 0.5) is 0 Å². The molecule has 2 rings (SSSR count). The molecule has 1 atom stereocenters. The number of carbonyl (C=O) groups is 1. The zero-order valence-electron chi connectivity index (χ0n) is 33.9. The standard InChI is InChI=1S/C42H70O11Si/c1-6-8-15-38(7-2)41(43)52-36-34-50-32-30-48-28-26-46-24-22-44-20-21-45-23-25-47-27-29-49-31-33-51-35-37-53-54(42(3,4)5,39-16-11-9-12-17-39)40-18-13-10-14-19-40/h9-14,16-19,38H,6-8,15,20-37H2,1-5H3. The molecule has 308 valence electrons. The van der Waals surface area contributed by atoms with Gasteiger partial charge in [-0.25, -0.2) is 0 Å². The Morgan fingerprint density at radius 3 is 1.17 bits per heavy atom. The van der Waals surface area contributed by atoms with Crippen molar-refractivity contribution in [2.75, 3.05) is 119 Å². The first kappa shape index (κ1) is 47.9. The van der Waals surface area contributed by atoms with Gasteiger partial charge in [-0.15, -0.1) is 0 Å². The van der Waals surface area contributed by atoms with E-state index >= 15 is 0 Å². The fourth-order valence-electron chi connectivity index (χ4n) is 5.91. The van der Waals surface area contributed by atoms with Crippen LogP contribution in [0.2, 0.25) is 5.04 Å². The third-order valence-corrected chi connectivity index (χ3v) is 13.8. The molecule has 11 nitrogen and oxygen atoms in total. The summed E-state index contributed by atoms with van der Waals surface area (Å²) in [5, 5.41) is 2.47. The molecule has 2 aromatic rings. The molecule has 0 fully saturated rings. The van der Waals surface area contributed by atoms with Crippen molar-refractivity contribution in [1.82, 2.24) is 0 Å². The summed E-state index contributed by atoms with van der Waals surface area (Å²) in [6.45, 7) is 19.5. The molecule has 1 unspecified atom stereocenters. The van der Waals surface area contributed by atoms with Gasteiger partial charge in [-0.05, 0) is 28.3 Å². The van der Waals surface area contributed by atoms with Gasteiger partial charge in [-0.3, -0.25) is 4.79 Å². The molecule has 0 bridgehead atoms. The van der Waals surface area contributed by atoms with Crippen molar-refractivity contribution in [3.63, 3.8) is 0 Å². The van der Waals surface area contributed by atoms with Crippen LogP contribution in [-0.4, -0.2) is 133 Å². The highest BCUT2D eigenvalue weighted by molar-refractivity contribution is 6.99. The van der Waals surface area contributed by atoms with Gasteiger partial charge in [0.15, 0.2) is 0 Å². The third kappa shape index (κ3) is 20.1. The highest BCUT2D eigenvalue weighted by Gasteiger charge is 2.50. The average Bonchev–Trinajstić information content (AvgIpc) is 3.18. The summed E-state index contributed by atoms with van der Waals surface area (Å²) in [6.07, 6.45) is 3.83. The van der Waals surface area contributed by atoms with Crippen molar-refractivity contribution >= 4 is 24.7 Å². The smallest absolute Gasteiger partial charge is 0.308 e. The molecule has 0 radical (unpaired) electrons. The van der Waals surface area contributed by atoms with E-state index in [4.69, 9.17) is 47.1 Å². The Morgan fingerprint density at radius 1 is 0.519 bits per heavy atom. The number of benzene rings is 2. The third-order valence-electron chi connectivity index (χ3n) is 8.77. The molecule has 0 amide bonds. The van der Waals surface area contributed by atoms with E-state index in [0.717, 1.165) is 25.7 Å². The average molecular weight is 779 g/mol. The summed E-state index contributed by atoms with van der Waals surface area (Å²) in [5.41, 5.74) is 0. The molecular formula is C42H70O11Si. The number of hydrogen-bond donors (Lipinski definition) is 0. The summed E-state index contributed by atoms with van der Waals surface area (Å²) < 4.78 is 56.8. The second-order valence-corrected chi connectivity index (χ2v) is 18.1. The minimum absolute atomic E-state index is 0.00498. The summed E-state index contributed by atoms with van der Waals surface area (Å²) >= 11 is 0. The highest BCUT2D eigenvalue weighted by Crippen LogP contribution is 2.36. The molecule has 0 spiro atoms. The molecule has 0 heterocycles. The Kier molecular flexibility index (Phi) is 27.4. The molecule has 0 saturated heterocycles. The van der Waals surface area contributed by atoms with E-state index in [1.807, 2.05) is 6.92 Å². The minimum atomic E-state index is -2.54. The van der Waals surface area contributed by atoms with Crippen LogP contribution in [0.15, 0.2) is 60.7 Å². The molecule has 54 heavy (non-hydrogen) atoms. The highest BCUT2D eigenvalue weighted by atomic mass is 28.4. The van der Waals surface area contributed by atoms with Crippen LogP contribution in [0.3, 0.4) is 0 Å². The summed E-state index contributed by atoms with van der Waals surface area (Å²) in [6, 6.07) is 21.3. The van der Waals surface area contributed by atoms with E-state index in [9.17, 15) is 4.79 Å². The Bertz CT molecular complexity index is 1110. The van der Waals surface area contributed by atoms with E-state index in [1.165, 1.54) is 10.4 Å². The van der Waals surface area contributed by atoms with Gasteiger partial charge in [0.1, 0.15) is 6.61 Å². The van der Waals surface area contributed by atoms with Crippen LogP contribution >= 0.6 is 0 Å². The van der Waals surface area contributed by atoms with Gasteiger partial charge in [-0.2, -0.15) is 0 Å². The number of esters is 1. The lowest BCUT2D eigenvalue weighted by Gasteiger charge is -2.43. The van der Waals surface area contributed by atoms with Gasteiger partial charge in [0.25, 0.3) is 8.32 Å². The van der Waals surface area contributed by atoms with Gasteiger partial charge in [-0.1, -0.05) is 108 Å². The molecule has 12 heteroatoms. The molecular weight excluding hydrogens is 709 g/mol. The van der Waals surface area contributed by atoms with Crippen molar-refractivity contribution in [3.8, 4) is 0 Å². The zero-order chi connectivity index (χ0) is 39.0. The van der Waals surface area contributed by atoms with E-state index in [0.29, 0.717) is 112 Å². The molecule has 0 aromatic heterocycles. The molecule has 0 aliphatic heterocycles. The molecule has 0 aliphatic rings. The predicted molar refractivity (Wildman–Crippen MR) is 214 cm³/mol. The predicted octanol–water partition coefficient (Wildman–Crippen LogP) is 5.46. The van der Waals surface area contributed by atoms with E-state index in [-0.39, 0.29) is 23.5 Å². The van der Waals surface area contributed by atoms with Gasteiger partial charge >= 0.3 is 5.97 Å². The van der Waals surface area contributed by atoms with Crippen molar-refractivity contribution in [3.05, 3.63) is 60.7 Å². The largest absolute Gasteiger partial charge is 0.463 e. The monoisotopic (exact) mass is 778 g/mol. The Labute approximate surface area is 326 Å². The maximum atomic E-state index is 12.1. The van der Waals surface area contributed by atoms with Crippen molar-refractivity contribution in [2.45, 2.75) is 65.3 Å². The topological polar surface area (TPSA) is 109 Å². The van der Waals surface area contributed by atoms with Crippen LogP contribution in [0.1, 0.15) is 60.3 Å². The first-order valence-corrected chi connectivity index (χ1v) is 21.8. The Hall–Kier alpha value is -2.23.